The highest BCUT2D eigenvalue weighted by molar-refractivity contribution is 4.80. The van der Waals surface area contributed by atoms with Gasteiger partial charge in [0.2, 0.25) is 0 Å². The van der Waals surface area contributed by atoms with Crippen molar-refractivity contribution in [3.8, 4) is 0 Å². The standard InChI is InChI=1S/C10H21N/c1-8(2)10-6-5-7-11(4)9(10)3/h8-10H,5-7H2,1-4H3/t9-,10+/m0/s1. The van der Waals surface area contributed by atoms with Crippen LogP contribution in [0.5, 0.6) is 0 Å². The van der Waals surface area contributed by atoms with Crippen LogP contribution in [0.1, 0.15) is 33.6 Å². The van der Waals surface area contributed by atoms with E-state index in [0.717, 1.165) is 17.9 Å². The van der Waals surface area contributed by atoms with E-state index >= 15 is 0 Å². The SMILES string of the molecule is CC(C)[C@H]1CCCN(C)[C@H]1C. The predicted octanol–water partition coefficient (Wildman–Crippen LogP) is 2.37. The van der Waals surface area contributed by atoms with Crippen LogP contribution in [-0.4, -0.2) is 24.5 Å². The van der Waals surface area contributed by atoms with Gasteiger partial charge in [0.05, 0.1) is 0 Å². The number of piperidine rings is 1. The topological polar surface area (TPSA) is 3.24 Å². The van der Waals surface area contributed by atoms with E-state index in [1.807, 2.05) is 0 Å². The van der Waals surface area contributed by atoms with Gasteiger partial charge in [-0.15, -0.1) is 0 Å². The van der Waals surface area contributed by atoms with E-state index in [1.54, 1.807) is 0 Å². The quantitative estimate of drug-likeness (QED) is 0.562. The molecule has 0 aromatic carbocycles. The molecule has 1 fully saturated rings. The van der Waals surface area contributed by atoms with Crippen LogP contribution >= 0.6 is 0 Å². The summed E-state index contributed by atoms with van der Waals surface area (Å²) in [6.45, 7) is 8.36. The van der Waals surface area contributed by atoms with E-state index in [9.17, 15) is 0 Å². The van der Waals surface area contributed by atoms with Crippen LogP contribution in [0.3, 0.4) is 0 Å². The first-order valence-corrected chi connectivity index (χ1v) is 4.83. The summed E-state index contributed by atoms with van der Waals surface area (Å²) in [5.41, 5.74) is 0. The molecule has 1 aliphatic heterocycles. The van der Waals surface area contributed by atoms with Gasteiger partial charge in [0, 0.05) is 6.04 Å². The predicted molar refractivity (Wildman–Crippen MR) is 49.7 cm³/mol. The van der Waals surface area contributed by atoms with Crippen molar-refractivity contribution in [2.45, 2.75) is 39.7 Å². The maximum atomic E-state index is 2.49. The van der Waals surface area contributed by atoms with Gasteiger partial charge < -0.3 is 4.90 Å². The molecule has 0 bridgehead atoms. The van der Waals surface area contributed by atoms with Crippen LogP contribution < -0.4 is 0 Å². The molecule has 11 heavy (non-hydrogen) atoms. The molecule has 0 aromatic heterocycles. The Kier molecular flexibility index (Phi) is 2.94. The Morgan fingerprint density at radius 3 is 2.45 bits per heavy atom. The highest BCUT2D eigenvalue weighted by atomic mass is 15.1. The summed E-state index contributed by atoms with van der Waals surface area (Å²) < 4.78 is 0. The summed E-state index contributed by atoms with van der Waals surface area (Å²) in [6, 6.07) is 0.795. The minimum Gasteiger partial charge on any atom is -0.303 e. The Hall–Kier alpha value is -0.0400. The molecule has 0 aliphatic carbocycles. The summed E-state index contributed by atoms with van der Waals surface area (Å²) >= 11 is 0. The van der Waals surface area contributed by atoms with Crippen LogP contribution in [-0.2, 0) is 0 Å². The fourth-order valence-corrected chi connectivity index (χ4v) is 2.24. The molecular formula is C10H21N. The average molecular weight is 155 g/mol. The monoisotopic (exact) mass is 155 g/mol. The second-order valence-electron chi connectivity index (χ2n) is 4.27. The van der Waals surface area contributed by atoms with Gasteiger partial charge in [0.25, 0.3) is 0 Å². The molecule has 0 amide bonds. The highest BCUT2D eigenvalue weighted by Crippen LogP contribution is 2.28. The highest BCUT2D eigenvalue weighted by Gasteiger charge is 2.27. The first-order chi connectivity index (χ1) is 5.13. The van der Waals surface area contributed by atoms with Gasteiger partial charge in [0.1, 0.15) is 0 Å². The van der Waals surface area contributed by atoms with Gasteiger partial charge in [-0.25, -0.2) is 0 Å². The zero-order chi connectivity index (χ0) is 8.43. The third-order valence-electron chi connectivity index (χ3n) is 3.22. The van der Waals surface area contributed by atoms with Crippen LogP contribution in [0.4, 0.5) is 0 Å². The Morgan fingerprint density at radius 1 is 1.36 bits per heavy atom. The minimum atomic E-state index is 0.795. The molecule has 0 aromatic rings. The van der Waals surface area contributed by atoms with Gasteiger partial charge in [-0.05, 0) is 45.2 Å². The Labute approximate surface area is 70.8 Å². The lowest BCUT2D eigenvalue weighted by Gasteiger charge is -2.39. The minimum absolute atomic E-state index is 0.795. The molecule has 1 heterocycles. The Balaban J connectivity index is 2.51. The summed E-state index contributed by atoms with van der Waals surface area (Å²) in [7, 11) is 2.25. The van der Waals surface area contributed by atoms with Gasteiger partial charge in [-0.3, -0.25) is 0 Å². The number of nitrogens with zero attached hydrogens (tertiary/aromatic N) is 1. The Morgan fingerprint density at radius 2 is 2.00 bits per heavy atom. The fourth-order valence-electron chi connectivity index (χ4n) is 2.24. The molecule has 0 saturated carbocycles. The third kappa shape index (κ3) is 1.96. The molecule has 1 aliphatic rings. The normalized spacial score (nSPS) is 34.6. The number of hydrogen-bond donors (Lipinski definition) is 0. The molecule has 0 unspecified atom stereocenters. The van der Waals surface area contributed by atoms with Gasteiger partial charge in [0.15, 0.2) is 0 Å². The average Bonchev–Trinajstić information content (AvgIpc) is 1.94. The largest absolute Gasteiger partial charge is 0.303 e. The van der Waals surface area contributed by atoms with Crippen molar-refractivity contribution in [2.75, 3.05) is 13.6 Å². The van der Waals surface area contributed by atoms with Crippen LogP contribution in [0.2, 0.25) is 0 Å². The van der Waals surface area contributed by atoms with Crippen LogP contribution in [0, 0.1) is 11.8 Å². The molecular weight excluding hydrogens is 134 g/mol. The first-order valence-electron chi connectivity index (χ1n) is 4.83. The third-order valence-corrected chi connectivity index (χ3v) is 3.22. The summed E-state index contributed by atoms with van der Waals surface area (Å²) in [5.74, 6) is 1.78. The number of rotatable bonds is 1. The van der Waals surface area contributed by atoms with Crippen molar-refractivity contribution in [2.24, 2.45) is 11.8 Å². The zero-order valence-electron chi connectivity index (χ0n) is 8.30. The maximum Gasteiger partial charge on any atom is 0.00945 e. The molecule has 1 heteroatoms. The molecule has 66 valence electrons. The molecule has 0 N–H and O–H groups in total. The van der Waals surface area contributed by atoms with Crippen molar-refractivity contribution in [3.63, 3.8) is 0 Å². The lowest BCUT2D eigenvalue weighted by Crippen LogP contribution is -2.42. The van der Waals surface area contributed by atoms with E-state index in [2.05, 4.69) is 32.7 Å². The van der Waals surface area contributed by atoms with Crippen molar-refractivity contribution < 1.29 is 0 Å². The lowest BCUT2D eigenvalue weighted by atomic mass is 9.82. The number of hydrogen-bond acceptors (Lipinski definition) is 1. The smallest absolute Gasteiger partial charge is 0.00945 e. The van der Waals surface area contributed by atoms with Gasteiger partial charge in [-0.2, -0.15) is 0 Å². The van der Waals surface area contributed by atoms with Crippen LogP contribution in [0.25, 0.3) is 0 Å². The van der Waals surface area contributed by atoms with Crippen molar-refractivity contribution in [3.05, 3.63) is 0 Å². The molecule has 1 rings (SSSR count). The van der Waals surface area contributed by atoms with E-state index in [-0.39, 0.29) is 0 Å². The lowest BCUT2D eigenvalue weighted by molar-refractivity contribution is 0.104. The van der Waals surface area contributed by atoms with E-state index in [4.69, 9.17) is 0 Å². The van der Waals surface area contributed by atoms with Crippen molar-refractivity contribution in [1.82, 2.24) is 4.90 Å². The zero-order valence-corrected chi connectivity index (χ0v) is 8.30. The first kappa shape index (κ1) is 9.05. The molecule has 1 nitrogen and oxygen atoms in total. The summed E-state index contributed by atoms with van der Waals surface area (Å²) in [4.78, 5) is 2.49. The number of likely N-dealkylation sites (tertiary alicyclic amines) is 1. The van der Waals surface area contributed by atoms with Gasteiger partial charge in [-0.1, -0.05) is 13.8 Å². The van der Waals surface area contributed by atoms with E-state index in [0.29, 0.717) is 0 Å². The molecule has 0 radical (unpaired) electrons. The summed E-state index contributed by atoms with van der Waals surface area (Å²) in [6.07, 6.45) is 2.83. The fraction of sp³-hybridized carbons (Fsp3) is 1.00. The van der Waals surface area contributed by atoms with E-state index in [1.165, 1.54) is 19.4 Å². The molecule has 2 atom stereocenters. The Bertz CT molecular complexity index is 120. The second kappa shape index (κ2) is 3.57. The second-order valence-corrected chi connectivity index (χ2v) is 4.27. The van der Waals surface area contributed by atoms with Gasteiger partial charge >= 0.3 is 0 Å². The molecule has 0 spiro atoms. The van der Waals surface area contributed by atoms with Crippen LogP contribution in [0.15, 0.2) is 0 Å². The maximum absolute atomic E-state index is 2.49. The van der Waals surface area contributed by atoms with E-state index < -0.39 is 0 Å². The molecule has 1 saturated heterocycles. The van der Waals surface area contributed by atoms with Crippen molar-refractivity contribution in [1.29, 1.82) is 0 Å². The van der Waals surface area contributed by atoms with Crippen molar-refractivity contribution >= 4 is 0 Å². The summed E-state index contributed by atoms with van der Waals surface area (Å²) in [5, 5.41) is 0.